The lowest BCUT2D eigenvalue weighted by Crippen LogP contribution is -2.42. The van der Waals surface area contributed by atoms with Crippen molar-refractivity contribution in [3.05, 3.63) is 24.2 Å². The number of furan rings is 1. The summed E-state index contributed by atoms with van der Waals surface area (Å²) < 4.78 is 31.1. The van der Waals surface area contributed by atoms with E-state index in [1.807, 2.05) is 6.07 Å². The molecule has 1 rings (SSSR count). The van der Waals surface area contributed by atoms with Crippen LogP contribution in [0.1, 0.15) is 19.6 Å². The van der Waals surface area contributed by atoms with Crippen LogP contribution in [0.5, 0.6) is 0 Å². The Balaban J connectivity index is 2.54. The van der Waals surface area contributed by atoms with Crippen molar-refractivity contribution in [3.8, 4) is 0 Å². The molecule has 2 atom stereocenters. The van der Waals surface area contributed by atoms with Gasteiger partial charge >= 0.3 is 0 Å². The number of sulfonamides is 1. The Kier molecular flexibility index (Phi) is 4.52. The second-order valence-corrected chi connectivity index (χ2v) is 6.02. The third-order valence-electron chi connectivity index (χ3n) is 2.31. The maximum absolute atomic E-state index is 11.7. The van der Waals surface area contributed by atoms with Crippen LogP contribution >= 0.6 is 0 Å². The molecular formula is C10H18N2O3S. The van der Waals surface area contributed by atoms with Crippen molar-refractivity contribution in [1.29, 1.82) is 0 Å². The van der Waals surface area contributed by atoms with E-state index in [-0.39, 0.29) is 12.6 Å². The second kappa shape index (κ2) is 5.47. The van der Waals surface area contributed by atoms with Crippen LogP contribution in [-0.4, -0.2) is 26.3 Å². The number of hydrogen-bond acceptors (Lipinski definition) is 4. The highest BCUT2D eigenvalue weighted by molar-refractivity contribution is 7.90. The molecule has 2 unspecified atom stereocenters. The zero-order valence-electron chi connectivity index (χ0n) is 9.51. The molecule has 0 aliphatic heterocycles. The first-order chi connectivity index (χ1) is 7.45. The fraction of sp³-hybridized carbons (Fsp3) is 0.600. The summed E-state index contributed by atoms with van der Waals surface area (Å²) in [7, 11) is -3.33. The van der Waals surface area contributed by atoms with Gasteiger partial charge in [0.2, 0.25) is 10.0 Å². The van der Waals surface area contributed by atoms with Crippen molar-refractivity contribution in [2.45, 2.75) is 31.6 Å². The van der Waals surface area contributed by atoms with Gasteiger partial charge in [0.25, 0.3) is 0 Å². The lowest BCUT2D eigenvalue weighted by atomic mass is 10.2. The molecule has 1 aromatic rings. The minimum atomic E-state index is -3.33. The van der Waals surface area contributed by atoms with Gasteiger partial charge in [-0.1, -0.05) is 0 Å². The molecule has 92 valence electrons. The Hall–Kier alpha value is -0.850. The van der Waals surface area contributed by atoms with Crippen LogP contribution in [0.25, 0.3) is 0 Å². The molecule has 6 heteroatoms. The van der Waals surface area contributed by atoms with Crippen molar-refractivity contribution in [2.75, 3.05) is 6.54 Å². The quantitative estimate of drug-likeness (QED) is 0.764. The number of nitrogens with two attached hydrogens (primary N) is 1. The SMILES string of the molecule is CC(Cc1ccco1)NS(=O)(=O)C(C)CN. The summed E-state index contributed by atoms with van der Waals surface area (Å²) >= 11 is 0. The van der Waals surface area contributed by atoms with E-state index in [2.05, 4.69) is 4.72 Å². The van der Waals surface area contributed by atoms with E-state index in [9.17, 15) is 8.42 Å². The maximum Gasteiger partial charge on any atom is 0.215 e. The molecule has 0 aliphatic rings. The zero-order chi connectivity index (χ0) is 12.2. The van der Waals surface area contributed by atoms with Gasteiger partial charge in [0.15, 0.2) is 0 Å². The van der Waals surface area contributed by atoms with E-state index >= 15 is 0 Å². The first kappa shape index (κ1) is 13.2. The van der Waals surface area contributed by atoms with Crippen LogP contribution < -0.4 is 10.5 Å². The fourth-order valence-electron chi connectivity index (χ4n) is 1.30. The van der Waals surface area contributed by atoms with Gasteiger partial charge in [0.05, 0.1) is 11.5 Å². The van der Waals surface area contributed by atoms with E-state index in [1.54, 1.807) is 26.2 Å². The van der Waals surface area contributed by atoms with Gasteiger partial charge in [-0.15, -0.1) is 0 Å². The Morgan fingerprint density at radius 1 is 1.50 bits per heavy atom. The van der Waals surface area contributed by atoms with Crippen LogP contribution in [0.3, 0.4) is 0 Å². The third-order valence-corrected chi connectivity index (χ3v) is 4.30. The summed E-state index contributed by atoms with van der Waals surface area (Å²) in [5.74, 6) is 0.760. The monoisotopic (exact) mass is 246 g/mol. The van der Waals surface area contributed by atoms with Crippen LogP contribution in [-0.2, 0) is 16.4 Å². The van der Waals surface area contributed by atoms with E-state index < -0.39 is 15.3 Å². The molecule has 0 bridgehead atoms. The lowest BCUT2D eigenvalue weighted by Gasteiger charge is -2.16. The predicted octanol–water partition coefficient (Wildman–Crippen LogP) is 0.477. The first-order valence-corrected chi connectivity index (χ1v) is 6.74. The summed E-state index contributed by atoms with van der Waals surface area (Å²) in [6.07, 6.45) is 2.10. The van der Waals surface area contributed by atoms with E-state index in [4.69, 9.17) is 10.2 Å². The highest BCUT2D eigenvalue weighted by Gasteiger charge is 2.21. The molecule has 0 saturated carbocycles. The zero-order valence-corrected chi connectivity index (χ0v) is 10.3. The molecule has 0 amide bonds. The van der Waals surface area contributed by atoms with Gasteiger partial charge in [-0.2, -0.15) is 0 Å². The van der Waals surface area contributed by atoms with Gasteiger partial charge in [0, 0.05) is 19.0 Å². The largest absolute Gasteiger partial charge is 0.469 e. The topological polar surface area (TPSA) is 85.3 Å². The van der Waals surface area contributed by atoms with Crippen molar-refractivity contribution < 1.29 is 12.8 Å². The molecule has 0 fully saturated rings. The van der Waals surface area contributed by atoms with E-state index in [0.717, 1.165) is 5.76 Å². The van der Waals surface area contributed by atoms with Crippen molar-refractivity contribution in [2.24, 2.45) is 5.73 Å². The minimum absolute atomic E-state index is 0.114. The van der Waals surface area contributed by atoms with E-state index in [1.165, 1.54) is 0 Å². The lowest BCUT2D eigenvalue weighted by molar-refractivity contribution is 0.477. The number of nitrogens with one attached hydrogen (secondary N) is 1. The third kappa shape index (κ3) is 3.62. The highest BCUT2D eigenvalue weighted by Crippen LogP contribution is 2.06. The molecule has 0 saturated heterocycles. The van der Waals surface area contributed by atoms with Crippen molar-refractivity contribution >= 4 is 10.0 Å². The van der Waals surface area contributed by atoms with Crippen LogP contribution in [0.4, 0.5) is 0 Å². The summed E-state index contributed by atoms with van der Waals surface area (Å²) in [4.78, 5) is 0. The van der Waals surface area contributed by atoms with Gasteiger partial charge in [-0.25, -0.2) is 13.1 Å². The van der Waals surface area contributed by atoms with Crippen LogP contribution in [0, 0.1) is 0 Å². The van der Waals surface area contributed by atoms with Gasteiger partial charge < -0.3 is 10.2 Å². The van der Waals surface area contributed by atoms with Gasteiger partial charge in [-0.3, -0.25) is 0 Å². The summed E-state index contributed by atoms with van der Waals surface area (Å²) in [6.45, 7) is 3.49. The van der Waals surface area contributed by atoms with Gasteiger partial charge in [-0.05, 0) is 26.0 Å². The number of rotatable bonds is 6. The average molecular weight is 246 g/mol. The Morgan fingerprint density at radius 3 is 2.69 bits per heavy atom. The molecule has 0 radical (unpaired) electrons. The standard InChI is InChI=1S/C10H18N2O3S/c1-8(6-10-4-3-5-15-10)12-16(13,14)9(2)7-11/h3-5,8-9,12H,6-7,11H2,1-2H3. The van der Waals surface area contributed by atoms with E-state index in [0.29, 0.717) is 6.42 Å². The van der Waals surface area contributed by atoms with Crippen molar-refractivity contribution in [3.63, 3.8) is 0 Å². The molecule has 5 nitrogen and oxygen atoms in total. The highest BCUT2D eigenvalue weighted by atomic mass is 32.2. The van der Waals surface area contributed by atoms with Crippen LogP contribution in [0.2, 0.25) is 0 Å². The molecule has 0 aliphatic carbocycles. The Labute approximate surface area is 96.1 Å². The predicted molar refractivity (Wildman–Crippen MR) is 62.4 cm³/mol. The molecule has 1 aromatic heterocycles. The molecule has 3 N–H and O–H groups in total. The minimum Gasteiger partial charge on any atom is -0.469 e. The Morgan fingerprint density at radius 2 is 2.19 bits per heavy atom. The summed E-state index contributed by atoms with van der Waals surface area (Å²) in [5, 5.41) is -0.577. The second-order valence-electron chi connectivity index (χ2n) is 3.89. The molecule has 16 heavy (non-hydrogen) atoms. The fourth-order valence-corrected chi connectivity index (χ4v) is 2.43. The average Bonchev–Trinajstić information content (AvgIpc) is 2.67. The molecule has 0 spiro atoms. The normalized spacial score (nSPS) is 15.9. The smallest absolute Gasteiger partial charge is 0.215 e. The van der Waals surface area contributed by atoms with Crippen molar-refractivity contribution in [1.82, 2.24) is 4.72 Å². The first-order valence-electron chi connectivity index (χ1n) is 5.19. The van der Waals surface area contributed by atoms with Gasteiger partial charge in [0.1, 0.15) is 5.76 Å². The molecule has 0 aromatic carbocycles. The molecule has 1 heterocycles. The Bertz CT molecular complexity index is 400. The van der Waals surface area contributed by atoms with Crippen LogP contribution in [0.15, 0.2) is 22.8 Å². The molecular weight excluding hydrogens is 228 g/mol. The number of hydrogen-bond donors (Lipinski definition) is 2. The maximum atomic E-state index is 11.7. The summed E-state index contributed by atoms with van der Waals surface area (Å²) in [6, 6.07) is 3.39. The summed E-state index contributed by atoms with van der Waals surface area (Å²) in [5.41, 5.74) is 5.33.